The van der Waals surface area contributed by atoms with Crippen LogP contribution in [-0.2, 0) is 0 Å². The van der Waals surface area contributed by atoms with Crippen molar-refractivity contribution in [2.24, 2.45) is 0 Å². The van der Waals surface area contributed by atoms with Crippen molar-refractivity contribution >= 4 is 45.0 Å². The molecule has 18 heavy (non-hydrogen) atoms. The Kier molecular flexibility index (Phi) is 5.42. The number of para-hydroxylation sites is 1. The number of hydrogen-bond acceptors (Lipinski definition) is 2. The number of thioether (sulfide) groups is 1. The van der Waals surface area contributed by atoms with Gasteiger partial charge in [0.1, 0.15) is 0 Å². The first-order valence-corrected chi connectivity index (χ1v) is 7.78. The zero-order valence-electron chi connectivity index (χ0n) is 9.70. The molecule has 0 saturated carbocycles. The highest BCUT2D eigenvalue weighted by Gasteiger charge is 1.97. The molecule has 94 valence electrons. The van der Waals surface area contributed by atoms with Gasteiger partial charge in [0.2, 0.25) is 0 Å². The van der Waals surface area contributed by atoms with Gasteiger partial charge in [0.05, 0.1) is 0 Å². The van der Waals surface area contributed by atoms with E-state index in [9.17, 15) is 0 Å². The molecule has 0 fully saturated rings. The summed E-state index contributed by atoms with van der Waals surface area (Å²) in [6.07, 6.45) is 0. The molecule has 0 aromatic heterocycles. The Morgan fingerprint density at radius 3 is 2.50 bits per heavy atom. The van der Waals surface area contributed by atoms with E-state index in [2.05, 4.69) is 27.3 Å². The minimum Gasteiger partial charge on any atom is -0.383 e. The summed E-state index contributed by atoms with van der Waals surface area (Å²) in [6.45, 7) is 0.926. The van der Waals surface area contributed by atoms with E-state index in [1.54, 1.807) is 0 Å². The lowest BCUT2D eigenvalue weighted by Gasteiger charge is -2.08. The molecule has 0 radical (unpaired) electrons. The molecule has 0 amide bonds. The van der Waals surface area contributed by atoms with Crippen molar-refractivity contribution in [3.63, 3.8) is 0 Å². The van der Waals surface area contributed by atoms with Crippen molar-refractivity contribution in [3.05, 3.63) is 58.0 Å². The Bertz CT molecular complexity index is 501. The van der Waals surface area contributed by atoms with Crippen LogP contribution >= 0.6 is 39.3 Å². The summed E-state index contributed by atoms with van der Waals surface area (Å²) in [5.41, 5.74) is 1.13. The summed E-state index contributed by atoms with van der Waals surface area (Å²) in [6, 6.07) is 16.1. The van der Waals surface area contributed by atoms with Crippen molar-refractivity contribution in [1.82, 2.24) is 0 Å². The number of rotatable bonds is 5. The molecule has 0 unspecified atom stereocenters. The van der Waals surface area contributed by atoms with Crippen molar-refractivity contribution in [1.29, 1.82) is 0 Å². The quantitative estimate of drug-likeness (QED) is 0.584. The smallest absolute Gasteiger partial charge is 0.0484 e. The van der Waals surface area contributed by atoms with Crippen LogP contribution < -0.4 is 5.32 Å². The normalized spacial score (nSPS) is 10.3. The van der Waals surface area contributed by atoms with E-state index in [0.717, 1.165) is 27.5 Å². The summed E-state index contributed by atoms with van der Waals surface area (Å²) in [4.78, 5) is 1.24. The van der Waals surface area contributed by atoms with Gasteiger partial charge in [-0.05, 0) is 52.3 Å². The fraction of sp³-hybridized carbons (Fsp3) is 0.143. The van der Waals surface area contributed by atoms with Crippen LogP contribution in [0.1, 0.15) is 0 Å². The summed E-state index contributed by atoms with van der Waals surface area (Å²) < 4.78 is 1.10. The average Bonchev–Trinajstić information content (AvgIpc) is 2.39. The molecule has 2 rings (SSSR count). The van der Waals surface area contributed by atoms with Gasteiger partial charge in [0, 0.05) is 32.4 Å². The molecule has 1 N–H and O–H groups in total. The van der Waals surface area contributed by atoms with Crippen LogP contribution in [0.3, 0.4) is 0 Å². The van der Waals surface area contributed by atoms with Gasteiger partial charge in [-0.25, -0.2) is 0 Å². The first kappa shape index (κ1) is 13.8. The Morgan fingerprint density at radius 1 is 1.06 bits per heavy atom. The van der Waals surface area contributed by atoms with E-state index in [1.807, 2.05) is 54.2 Å². The standard InChI is InChI=1S/C14H13BrClNS/c15-13-3-1-2-4-14(13)17-9-10-18-12-7-5-11(16)6-8-12/h1-8,17H,9-10H2. The lowest BCUT2D eigenvalue weighted by Crippen LogP contribution is -2.04. The van der Waals surface area contributed by atoms with Gasteiger partial charge in [-0.15, -0.1) is 11.8 Å². The van der Waals surface area contributed by atoms with Crippen LogP contribution in [0, 0.1) is 0 Å². The van der Waals surface area contributed by atoms with E-state index in [4.69, 9.17) is 11.6 Å². The molecule has 0 aliphatic carbocycles. The predicted octanol–water partition coefficient (Wildman–Crippen LogP) is 5.31. The molecule has 0 heterocycles. The van der Waals surface area contributed by atoms with Crippen LogP contribution in [0.15, 0.2) is 57.9 Å². The second-order valence-electron chi connectivity index (χ2n) is 3.71. The maximum absolute atomic E-state index is 5.84. The van der Waals surface area contributed by atoms with Gasteiger partial charge < -0.3 is 5.32 Å². The molecule has 0 saturated heterocycles. The topological polar surface area (TPSA) is 12.0 Å². The van der Waals surface area contributed by atoms with Crippen molar-refractivity contribution < 1.29 is 0 Å². The fourth-order valence-corrected chi connectivity index (χ4v) is 2.81. The number of benzene rings is 2. The highest BCUT2D eigenvalue weighted by atomic mass is 79.9. The molecule has 2 aromatic carbocycles. The molecule has 4 heteroatoms. The van der Waals surface area contributed by atoms with Crippen LogP contribution in [0.25, 0.3) is 0 Å². The van der Waals surface area contributed by atoms with E-state index in [1.165, 1.54) is 4.90 Å². The molecule has 0 aliphatic rings. The summed E-state index contributed by atoms with van der Waals surface area (Å²) in [5.74, 6) is 1.02. The highest BCUT2D eigenvalue weighted by molar-refractivity contribution is 9.10. The van der Waals surface area contributed by atoms with E-state index >= 15 is 0 Å². The fourth-order valence-electron chi connectivity index (χ4n) is 1.49. The monoisotopic (exact) mass is 341 g/mol. The Hall–Kier alpha value is -0.640. The highest BCUT2D eigenvalue weighted by Crippen LogP contribution is 2.23. The van der Waals surface area contributed by atoms with Crippen molar-refractivity contribution in [3.8, 4) is 0 Å². The summed E-state index contributed by atoms with van der Waals surface area (Å²) in [5, 5.41) is 4.18. The van der Waals surface area contributed by atoms with Crippen LogP contribution in [-0.4, -0.2) is 12.3 Å². The van der Waals surface area contributed by atoms with Gasteiger partial charge >= 0.3 is 0 Å². The first-order valence-electron chi connectivity index (χ1n) is 5.62. The van der Waals surface area contributed by atoms with Gasteiger partial charge in [-0.3, -0.25) is 0 Å². The number of hydrogen-bond donors (Lipinski definition) is 1. The lowest BCUT2D eigenvalue weighted by molar-refractivity contribution is 1.22. The predicted molar refractivity (Wildman–Crippen MR) is 84.8 cm³/mol. The number of anilines is 1. The summed E-state index contributed by atoms with van der Waals surface area (Å²) >= 11 is 11.2. The maximum Gasteiger partial charge on any atom is 0.0484 e. The van der Waals surface area contributed by atoms with E-state index in [-0.39, 0.29) is 0 Å². The minimum absolute atomic E-state index is 0.783. The number of halogens is 2. The maximum atomic E-state index is 5.84. The van der Waals surface area contributed by atoms with Crippen molar-refractivity contribution in [2.75, 3.05) is 17.6 Å². The molecular weight excluding hydrogens is 330 g/mol. The SMILES string of the molecule is Clc1ccc(SCCNc2ccccc2Br)cc1. The molecule has 1 nitrogen and oxygen atoms in total. The van der Waals surface area contributed by atoms with Gasteiger partial charge in [0.15, 0.2) is 0 Å². The minimum atomic E-state index is 0.783. The molecular formula is C14H13BrClNS. The molecule has 0 aliphatic heterocycles. The Morgan fingerprint density at radius 2 is 1.78 bits per heavy atom. The molecule has 0 spiro atoms. The van der Waals surface area contributed by atoms with E-state index in [0.29, 0.717) is 0 Å². The Balaban J connectivity index is 1.76. The molecule has 0 atom stereocenters. The third-order valence-electron chi connectivity index (χ3n) is 2.37. The zero-order chi connectivity index (χ0) is 12.8. The largest absolute Gasteiger partial charge is 0.383 e. The van der Waals surface area contributed by atoms with Crippen LogP contribution in [0.4, 0.5) is 5.69 Å². The summed E-state index contributed by atoms with van der Waals surface area (Å²) in [7, 11) is 0. The number of nitrogens with one attached hydrogen (secondary N) is 1. The van der Waals surface area contributed by atoms with Crippen LogP contribution in [0.2, 0.25) is 5.02 Å². The van der Waals surface area contributed by atoms with Gasteiger partial charge in [-0.2, -0.15) is 0 Å². The van der Waals surface area contributed by atoms with Crippen molar-refractivity contribution in [2.45, 2.75) is 4.90 Å². The van der Waals surface area contributed by atoms with Gasteiger partial charge in [-0.1, -0.05) is 23.7 Å². The van der Waals surface area contributed by atoms with Gasteiger partial charge in [0.25, 0.3) is 0 Å². The second-order valence-corrected chi connectivity index (χ2v) is 6.17. The third kappa shape index (κ3) is 4.23. The molecule has 2 aromatic rings. The zero-order valence-corrected chi connectivity index (χ0v) is 12.9. The Labute approximate surface area is 125 Å². The van der Waals surface area contributed by atoms with E-state index < -0.39 is 0 Å². The third-order valence-corrected chi connectivity index (χ3v) is 4.33. The van der Waals surface area contributed by atoms with Crippen LogP contribution in [0.5, 0.6) is 0 Å². The lowest BCUT2D eigenvalue weighted by atomic mass is 10.3. The first-order chi connectivity index (χ1) is 8.75. The molecule has 0 bridgehead atoms. The second kappa shape index (κ2) is 7.07. The average molecular weight is 343 g/mol.